The van der Waals surface area contributed by atoms with E-state index >= 15 is 0 Å². The normalized spacial score (nSPS) is 39.3. The predicted molar refractivity (Wildman–Crippen MR) is 82.1 cm³/mol. The van der Waals surface area contributed by atoms with E-state index in [0.29, 0.717) is 15.9 Å². The number of hydrogen-bond donors (Lipinski definition) is 0. The number of hydrogen-bond acceptors (Lipinski definition) is 0. The van der Waals surface area contributed by atoms with E-state index in [2.05, 4.69) is 59.0 Å². The zero-order chi connectivity index (χ0) is 13.4. The summed E-state index contributed by atoms with van der Waals surface area (Å²) in [5, 5.41) is 0.505. The highest BCUT2D eigenvalue weighted by Crippen LogP contribution is 2.87. The van der Waals surface area contributed by atoms with Crippen molar-refractivity contribution in [1.29, 1.82) is 0 Å². The third-order valence-electron chi connectivity index (χ3n) is 6.96. The molecular formula is C17H27Si. The molecule has 0 bridgehead atoms. The van der Waals surface area contributed by atoms with E-state index in [1.807, 2.05) is 5.54 Å². The van der Waals surface area contributed by atoms with Crippen LogP contribution in [-0.4, -0.2) is 8.07 Å². The maximum atomic E-state index is 2.62. The van der Waals surface area contributed by atoms with Gasteiger partial charge in [-0.1, -0.05) is 64.6 Å². The number of fused-ring (bicyclic) bond motifs is 1. The van der Waals surface area contributed by atoms with Crippen molar-refractivity contribution < 1.29 is 0 Å². The Morgan fingerprint density at radius 3 is 2.33 bits per heavy atom. The summed E-state index contributed by atoms with van der Waals surface area (Å²) in [6.07, 6.45) is 11.1. The molecule has 1 atom stereocenters. The fourth-order valence-electron chi connectivity index (χ4n) is 5.38. The van der Waals surface area contributed by atoms with Crippen LogP contribution in [0.4, 0.5) is 0 Å². The summed E-state index contributed by atoms with van der Waals surface area (Å²) < 4.78 is 0. The standard InChI is InChI=1S/C17H27Si/c1-15(2)12-11-14-17(16(15,3)4,18(14,5)6)13-9-7-8-10-13/h7-9H,10-12H2,1-6H3. The molecule has 2 fully saturated rings. The van der Waals surface area contributed by atoms with Crippen LogP contribution in [0.25, 0.3) is 0 Å². The average Bonchev–Trinajstić information content (AvgIpc) is 2.67. The van der Waals surface area contributed by atoms with Gasteiger partial charge in [-0.25, -0.2) is 0 Å². The Morgan fingerprint density at radius 1 is 1.11 bits per heavy atom. The second-order valence-electron chi connectivity index (χ2n) is 8.19. The summed E-state index contributed by atoms with van der Waals surface area (Å²) in [6.45, 7) is 15.3. The van der Waals surface area contributed by atoms with Crippen molar-refractivity contribution in [2.45, 2.75) is 65.1 Å². The minimum Gasteiger partial charge on any atom is -0.0805 e. The molecule has 1 saturated heterocycles. The molecule has 1 saturated carbocycles. The summed E-state index contributed by atoms with van der Waals surface area (Å²) in [5.41, 5.74) is 4.59. The molecule has 1 radical (unpaired) electrons. The van der Waals surface area contributed by atoms with Gasteiger partial charge in [0.05, 0.1) is 8.07 Å². The van der Waals surface area contributed by atoms with Crippen molar-refractivity contribution in [3.8, 4) is 0 Å². The van der Waals surface area contributed by atoms with E-state index in [-0.39, 0.29) is 0 Å². The Labute approximate surface area is 114 Å². The van der Waals surface area contributed by atoms with Crippen molar-refractivity contribution in [3.63, 3.8) is 0 Å². The van der Waals surface area contributed by atoms with Gasteiger partial charge in [0.15, 0.2) is 0 Å². The minimum absolute atomic E-state index is 0.418. The summed E-state index contributed by atoms with van der Waals surface area (Å²) in [7, 11) is -1.19. The second kappa shape index (κ2) is 3.23. The van der Waals surface area contributed by atoms with Crippen molar-refractivity contribution in [3.05, 3.63) is 29.3 Å². The van der Waals surface area contributed by atoms with Crippen LogP contribution in [0.15, 0.2) is 23.8 Å². The first-order chi connectivity index (χ1) is 8.19. The van der Waals surface area contributed by atoms with Crippen molar-refractivity contribution >= 4 is 8.07 Å². The van der Waals surface area contributed by atoms with Gasteiger partial charge in [0.25, 0.3) is 0 Å². The van der Waals surface area contributed by atoms with E-state index in [1.165, 1.54) is 19.3 Å². The molecule has 0 N–H and O–H groups in total. The second-order valence-corrected chi connectivity index (χ2v) is 12.8. The molecule has 1 heteroatoms. The van der Waals surface area contributed by atoms with Gasteiger partial charge in [-0.3, -0.25) is 0 Å². The Bertz CT molecular complexity index is 450. The van der Waals surface area contributed by atoms with Gasteiger partial charge in [0.1, 0.15) is 0 Å². The van der Waals surface area contributed by atoms with E-state index in [4.69, 9.17) is 0 Å². The molecule has 2 aliphatic carbocycles. The van der Waals surface area contributed by atoms with E-state index in [1.54, 1.807) is 5.57 Å². The molecule has 0 aromatic heterocycles. The molecule has 1 aliphatic heterocycles. The third-order valence-corrected chi connectivity index (χ3v) is 12.0. The molecule has 99 valence electrons. The van der Waals surface area contributed by atoms with E-state index < -0.39 is 8.07 Å². The summed E-state index contributed by atoms with van der Waals surface area (Å²) in [4.78, 5) is 0. The lowest BCUT2D eigenvalue weighted by Gasteiger charge is -2.53. The molecule has 3 rings (SSSR count). The highest BCUT2D eigenvalue weighted by Gasteiger charge is 2.82. The predicted octanol–water partition coefficient (Wildman–Crippen LogP) is 5.29. The van der Waals surface area contributed by atoms with E-state index in [9.17, 15) is 0 Å². The van der Waals surface area contributed by atoms with Crippen LogP contribution in [0.3, 0.4) is 0 Å². The van der Waals surface area contributed by atoms with Gasteiger partial charge in [-0.15, -0.1) is 0 Å². The highest BCUT2D eigenvalue weighted by molar-refractivity contribution is 6.99. The summed E-state index contributed by atoms with van der Waals surface area (Å²) in [6, 6.07) is 0. The molecule has 18 heavy (non-hydrogen) atoms. The molecule has 0 aromatic rings. The molecule has 0 spiro atoms. The Hall–Kier alpha value is -0.303. The highest BCUT2D eigenvalue weighted by atomic mass is 28.3. The topological polar surface area (TPSA) is 0 Å². The summed E-state index contributed by atoms with van der Waals surface area (Å²) >= 11 is 0. The molecule has 1 heterocycles. The van der Waals surface area contributed by atoms with Crippen LogP contribution in [-0.2, 0) is 0 Å². The number of rotatable bonds is 1. The van der Waals surface area contributed by atoms with Gasteiger partial charge in [-0.2, -0.15) is 0 Å². The zero-order valence-electron chi connectivity index (χ0n) is 12.9. The van der Waals surface area contributed by atoms with Gasteiger partial charge < -0.3 is 0 Å². The van der Waals surface area contributed by atoms with Crippen LogP contribution >= 0.6 is 0 Å². The van der Waals surface area contributed by atoms with Crippen LogP contribution in [0, 0.1) is 16.4 Å². The molecule has 3 aliphatic rings. The quantitative estimate of drug-likeness (QED) is 0.561. The minimum atomic E-state index is -1.19. The fourth-order valence-corrected chi connectivity index (χ4v) is 11.9. The van der Waals surface area contributed by atoms with Crippen LogP contribution < -0.4 is 0 Å². The lowest BCUT2D eigenvalue weighted by atomic mass is 9.53. The average molecular weight is 259 g/mol. The fraction of sp³-hybridized carbons (Fsp3) is 0.706. The van der Waals surface area contributed by atoms with Gasteiger partial charge in [-0.05, 0) is 40.7 Å². The van der Waals surface area contributed by atoms with Gasteiger partial charge in [0.2, 0.25) is 0 Å². The molecule has 0 nitrogen and oxygen atoms in total. The van der Waals surface area contributed by atoms with Crippen LogP contribution in [0.5, 0.6) is 0 Å². The number of allylic oxidation sites excluding steroid dienone is 4. The lowest BCUT2D eigenvalue weighted by Crippen LogP contribution is -2.43. The first-order valence-electron chi connectivity index (χ1n) is 7.42. The molecule has 0 amide bonds. The van der Waals surface area contributed by atoms with E-state index in [0.717, 1.165) is 0 Å². The first kappa shape index (κ1) is 12.7. The smallest absolute Gasteiger partial charge is 0.0664 e. The Kier molecular flexibility index (Phi) is 2.28. The maximum Gasteiger partial charge on any atom is 0.0664 e. The third kappa shape index (κ3) is 1.09. The van der Waals surface area contributed by atoms with Gasteiger partial charge in [0, 0.05) is 0 Å². The van der Waals surface area contributed by atoms with Crippen LogP contribution in [0.2, 0.25) is 18.1 Å². The van der Waals surface area contributed by atoms with Crippen molar-refractivity contribution in [2.75, 3.05) is 0 Å². The van der Waals surface area contributed by atoms with Crippen molar-refractivity contribution in [2.24, 2.45) is 10.8 Å². The SMILES string of the molecule is CC1(C)CC[C]2C(C3=CC=CC3)(C1(C)C)[Si]2(C)C. The van der Waals surface area contributed by atoms with Crippen molar-refractivity contribution in [1.82, 2.24) is 0 Å². The first-order valence-corrected chi connectivity index (χ1v) is 10.4. The van der Waals surface area contributed by atoms with Gasteiger partial charge >= 0.3 is 0 Å². The largest absolute Gasteiger partial charge is 0.0805 e. The lowest BCUT2D eigenvalue weighted by molar-refractivity contribution is 0.0554. The zero-order valence-corrected chi connectivity index (χ0v) is 13.9. The molecular weight excluding hydrogens is 232 g/mol. The Balaban J connectivity index is 2.14. The summed E-state index contributed by atoms with van der Waals surface area (Å²) in [5.74, 6) is 0. The molecule has 0 aromatic carbocycles. The van der Waals surface area contributed by atoms with Crippen LogP contribution in [0.1, 0.15) is 47.0 Å². The maximum absolute atomic E-state index is 2.62. The monoisotopic (exact) mass is 259 g/mol. The molecule has 1 unspecified atom stereocenters. The Morgan fingerprint density at radius 2 is 1.78 bits per heavy atom.